The number of hydrogen-bond acceptors (Lipinski definition) is 5. The largest absolute Gasteiger partial charge is 0.473 e. The normalized spacial score (nSPS) is 18.6. The number of aliphatic carboxylic acids is 2. The van der Waals surface area contributed by atoms with Crippen molar-refractivity contribution in [1.29, 1.82) is 0 Å². The van der Waals surface area contributed by atoms with Gasteiger partial charge in [0.05, 0.1) is 12.6 Å². The molecule has 0 saturated carbocycles. The highest BCUT2D eigenvalue weighted by atomic mass is 79.9. The fraction of sp³-hybridized carbons (Fsp3) is 0.154. The minimum absolute atomic E-state index is 0.287. The Morgan fingerprint density at radius 3 is 2.62 bits per heavy atom. The lowest BCUT2D eigenvalue weighted by molar-refractivity contribution is -0.159. The number of fused-ring (bicyclic) bond motifs is 1. The molecule has 0 bridgehead atoms. The number of carboxylic acid groups (broad SMARTS) is 2. The van der Waals surface area contributed by atoms with Crippen LogP contribution < -0.4 is 0 Å². The molecule has 0 fully saturated rings. The summed E-state index contributed by atoms with van der Waals surface area (Å²) in [6.45, 7) is 0.968. The monoisotopic (exact) mass is 370 g/mol. The first kappa shape index (κ1) is 15.6. The summed E-state index contributed by atoms with van der Waals surface area (Å²) in [7, 11) is 0. The third kappa shape index (κ3) is 4.08. The van der Waals surface area contributed by atoms with E-state index in [2.05, 4.69) is 55.6 Å². The number of carbonyl (C=O) groups is 2. The van der Waals surface area contributed by atoms with Crippen LogP contribution in [0.2, 0.25) is 0 Å². The molecule has 110 valence electrons. The molecule has 0 radical (unpaired) electrons. The molecule has 0 amide bonds. The molecule has 2 N–H and O–H groups in total. The number of nitrogens with zero attached hydrogens (tertiary/aromatic N) is 2. The Bertz CT molecular complexity index is 620. The fourth-order valence-electron chi connectivity index (χ4n) is 1.79. The minimum Gasteiger partial charge on any atom is -0.473 e. The highest BCUT2D eigenvalue weighted by Gasteiger charge is 2.27. The van der Waals surface area contributed by atoms with Gasteiger partial charge in [0.1, 0.15) is 0 Å². The molecule has 2 heterocycles. The van der Waals surface area contributed by atoms with Gasteiger partial charge < -0.3 is 15.1 Å². The van der Waals surface area contributed by atoms with Gasteiger partial charge in [0.2, 0.25) is 0 Å². The van der Waals surface area contributed by atoms with Gasteiger partial charge in [0.25, 0.3) is 0 Å². The third-order valence-electron chi connectivity index (χ3n) is 2.71. The Hall–Kier alpha value is -1.80. The summed E-state index contributed by atoms with van der Waals surface area (Å²) in [6.07, 6.45) is 2.10. The summed E-state index contributed by atoms with van der Waals surface area (Å²) in [4.78, 5) is 25.1. The maximum atomic E-state index is 9.10. The van der Waals surface area contributed by atoms with Gasteiger partial charge in [-0.25, -0.2) is 9.59 Å². The van der Waals surface area contributed by atoms with Crippen molar-refractivity contribution in [3.8, 4) is 0 Å². The Labute approximate surface area is 133 Å². The van der Waals surface area contributed by atoms with E-state index >= 15 is 0 Å². The van der Waals surface area contributed by atoms with E-state index in [0.29, 0.717) is 0 Å². The molecule has 0 aromatic heterocycles. The van der Waals surface area contributed by atoms with Crippen molar-refractivity contribution in [2.24, 2.45) is 4.99 Å². The fourth-order valence-corrected chi connectivity index (χ4v) is 3.00. The van der Waals surface area contributed by atoms with Crippen LogP contribution in [0.15, 0.2) is 45.3 Å². The first-order chi connectivity index (χ1) is 9.97. The molecule has 1 aromatic carbocycles. The molecule has 0 aliphatic carbocycles. The second-order valence-corrected chi connectivity index (χ2v) is 5.94. The highest BCUT2D eigenvalue weighted by molar-refractivity contribution is 9.10. The number of hydrogen-bond donors (Lipinski definition) is 2. The Morgan fingerprint density at radius 1 is 1.33 bits per heavy atom. The lowest BCUT2D eigenvalue weighted by Crippen LogP contribution is -2.15. The predicted octanol–water partition coefficient (Wildman–Crippen LogP) is 2.54. The Balaban J connectivity index is 0.000000232. The predicted molar refractivity (Wildman–Crippen MR) is 83.0 cm³/mol. The van der Waals surface area contributed by atoms with Crippen molar-refractivity contribution < 1.29 is 19.8 Å². The molecule has 0 spiro atoms. The SMILES string of the molecule is Brc1cccc(C2CN3C=CSC3=N2)c1.O=C(O)C(=O)O. The van der Waals surface area contributed by atoms with Gasteiger partial charge in [-0.05, 0) is 23.1 Å². The van der Waals surface area contributed by atoms with E-state index in [1.54, 1.807) is 11.8 Å². The molecule has 1 unspecified atom stereocenters. The summed E-state index contributed by atoms with van der Waals surface area (Å²) < 4.78 is 1.12. The highest BCUT2D eigenvalue weighted by Crippen LogP contribution is 2.33. The number of benzene rings is 1. The lowest BCUT2D eigenvalue weighted by atomic mass is 10.1. The van der Waals surface area contributed by atoms with Crippen LogP contribution in [-0.2, 0) is 9.59 Å². The molecule has 0 saturated heterocycles. The minimum atomic E-state index is -1.82. The van der Waals surface area contributed by atoms with E-state index in [1.165, 1.54) is 5.56 Å². The summed E-state index contributed by atoms with van der Waals surface area (Å²) in [5.41, 5.74) is 1.28. The average Bonchev–Trinajstić information content (AvgIpc) is 2.99. The van der Waals surface area contributed by atoms with E-state index in [-0.39, 0.29) is 6.04 Å². The smallest absolute Gasteiger partial charge is 0.414 e. The van der Waals surface area contributed by atoms with Crippen LogP contribution in [0.3, 0.4) is 0 Å². The lowest BCUT2D eigenvalue weighted by Gasteiger charge is -2.10. The molecular weight excluding hydrogens is 360 g/mol. The number of rotatable bonds is 1. The van der Waals surface area contributed by atoms with E-state index in [0.717, 1.165) is 16.2 Å². The van der Waals surface area contributed by atoms with Gasteiger partial charge in [-0.1, -0.05) is 39.8 Å². The number of halogens is 1. The summed E-state index contributed by atoms with van der Waals surface area (Å²) in [5, 5.41) is 18.0. The summed E-state index contributed by atoms with van der Waals surface area (Å²) in [5.74, 6) is -3.65. The summed E-state index contributed by atoms with van der Waals surface area (Å²) in [6, 6.07) is 8.67. The molecule has 1 aromatic rings. The van der Waals surface area contributed by atoms with Crippen LogP contribution in [0.4, 0.5) is 0 Å². The van der Waals surface area contributed by atoms with Crippen LogP contribution >= 0.6 is 27.7 Å². The van der Waals surface area contributed by atoms with Crippen LogP contribution in [0.5, 0.6) is 0 Å². The van der Waals surface area contributed by atoms with E-state index < -0.39 is 11.9 Å². The van der Waals surface area contributed by atoms with Gasteiger partial charge in [-0.2, -0.15) is 0 Å². The molecule has 2 aliphatic rings. The van der Waals surface area contributed by atoms with Crippen molar-refractivity contribution >= 4 is 44.8 Å². The molecule has 8 heteroatoms. The zero-order valence-electron chi connectivity index (χ0n) is 10.6. The molecular formula is C13H11BrN2O4S. The van der Waals surface area contributed by atoms with Crippen LogP contribution in [0.1, 0.15) is 11.6 Å². The van der Waals surface area contributed by atoms with Crippen molar-refractivity contribution in [2.45, 2.75) is 6.04 Å². The van der Waals surface area contributed by atoms with E-state index in [1.807, 2.05) is 6.07 Å². The van der Waals surface area contributed by atoms with E-state index in [9.17, 15) is 0 Å². The average molecular weight is 371 g/mol. The molecule has 21 heavy (non-hydrogen) atoms. The first-order valence-electron chi connectivity index (χ1n) is 5.87. The van der Waals surface area contributed by atoms with E-state index in [4.69, 9.17) is 19.8 Å². The van der Waals surface area contributed by atoms with Crippen molar-refractivity contribution in [1.82, 2.24) is 4.90 Å². The molecule has 2 aliphatic heterocycles. The third-order valence-corrected chi connectivity index (χ3v) is 4.01. The van der Waals surface area contributed by atoms with Gasteiger partial charge in [0.15, 0.2) is 5.17 Å². The Morgan fingerprint density at radius 2 is 2.05 bits per heavy atom. The molecule has 6 nitrogen and oxygen atoms in total. The number of carboxylic acids is 2. The Kier molecular flexibility index (Phi) is 5.03. The second-order valence-electron chi connectivity index (χ2n) is 4.15. The quantitative estimate of drug-likeness (QED) is 0.738. The number of aliphatic imine (C=N–C) groups is 1. The second kappa shape index (κ2) is 6.77. The van der Waals surface area contributed by atoms with Gasteiger partial charge in [-0.3, -0.25) is 4.99 Å². The number of amidine groups is 1. The van der Waals surface area contributed by atoms with Gasteiger partial charge in [-0.15, -0.1) is 0 Å². The van der Waals surface area contributed by atoms with Crippen molar-refractivity contribution in [3.63, 3.8) is 0 Å². The number of thioether (sulfide) groups is 1. The van der Waals surface area contributed by atoms with Crippen molar-refractivity contribution in [3.05, 3.63) is 45.9 Å². The maximum absolute atomic E-state index is 9.10. The zero-order chi connectivity index (χ0) is 15.4. The molecule has 1 atom stereocenters. The molecule has 3 rings (SSSR count). The topological polar surface area (TPSA) is 90.2 Å². The summed E-state index contributed by atoms with van der Waals surface area (Å²) >= 11 is 5.19. The maximum Gasteiger partial charge on any atom is 0.414 e. The zero-order valence-corrected chi connectivity index (χ0v) is 13.0. The van der Waals surface area contributed by atoms with Crippen molar-refractivity contribution in [2.75, 3.05) is 6.54 Å². The van der Waals surface area contributed by atoms with Crippen LogP contribution in [0.25, 0.3) is 0 Å². The van der Waals surface area contributed by atoms with Gasteiger partial charge in [0, 0.05) is 10.7 Å². The first-order valence-corrected chi connectivity index (χ1v) is 7.54. The standard InChI is InChI=1S/C11H9BrN2S.C2H2O4/c12-9-3-1-2-8(6-9)10-7-14-4-5-15-11(14)13-10;3-1(4)2(5)6/h1-6,10H,7H2;(H,3,4)(H,5,6). The van der Waals surface area contributed by atoms with Gasteiger partial charge >= 0.3 is 11.9 Å². The van der Waals surface area contributed by atoms with Crippen LogP contribution in [0, 0.1) is 0 Å². The van der Waals surface area contributed by atoms with Crippen LogP contribution in [-0.4, -0.2) is 38.8 Å².